The fraction of sp³-hybridized carbons (Fsp3) is 0.588. The van der Waals surface area contributed by atoms with E-state index in [9.17, 15) is 0 Å². The fourth-order valence-electron chi connectivity index (χ4n) is 5.20. The molecule has 5 rings (SSSR count). The van der Waals surface area contributed by atoms with Gasteiger partial charge in [-0.25, -0.2) is 4.99 Å². The highest BCUT2D eigenvalue weighted by molar-refractivity contribution is 14.1. The molecule has 0 aliphatic heterocycles. The minimum absolute atomic E-state index is 0.147. The number of anilines is 1. The molecule has 0 heterocycles. The summed E-state index contributed by atoms with van der Waals surface area (Å²) in [5.74, 6) is 3.32. The van der Waals surface area contributed by atoms with Crippen LogP contribution in [0.25, 0.3) is 0 Å². The quantitative estimate of drug-likeness (QED) is 0.452. The van der Waals surface area contributed by atoms with Crippen LogP contribution < -0.4 is 11.1 Å². The Hall–Kier alpha value is -0.780. The van der Waals surface area contributed by atoms with Crippen LogP contribution in [-0.2, 0) is 0 Å². The molecule has 0 saturated heterocycles. The van der Waals surface area contributed by atoms with Crippen molar-refractivity contribution in [1.29, 1.82) is 0 Å². The smallest absolute Gasteiger partial charge is 0.193 e. The normalized spacial score (nSPS) is 37.8. The van der Waals surface area contributed by atoms with E-state index >= 15 is 0 Å². The van der Waals surface area contributed by atoms with Crippen LogP contribution in [0.4, 0.5) is 5.69 Å². The Labute approximate surface area is 139 Å². The number of hydrogen-bond acceptors (Lipinski definition) is 1. The molecular formula is C17H22IN3. The van der Waals surface area contributed by atoms with Gasteiger partial charge in [-0.05, 0) is 97.1 Å². The van der Waals surface area contributed by atoms with Crippen molar-refractivity contribution in [2.24, 2.45) is 28.5 Å². The monoisotopic (exact) mass is 395 g/mol. The van der Waals surface area contributed by atoms with E-state index in [1.165, 1.54) is 42.1 Å². The summed E-state index contributed by atoms with van der Waals surface area (Å²) in [5.41, 5.74) is 7.40. The lowest BCUT2D eigenvalue weighted by Gasteiger charge is -2.54. The van der Waals surface area contributed by atoms with E-state index < -0.39 is 0 Å². The molecule has 3 N–H and O–H groups in total. The number of aliphatic imine (C=N–C) groups is 1. The maximum atomic E-state index is 6.21. The highest BCUT2D eigenvalue weighted by Crippen LogP contribution is 2.57. The lowest BCUT2D eigenvalue weighted by Crippen LogP contribution is -2.50. The lowest BCUT2D eigenvalue weighted by atomic mass is 9.53. The van der Waals surface area contributed by atoms with Crippen molar-refractivity contribution < 1.29 is 0 Å². The molecule has 21 heavy (non-hydrogen) atoms. The van der Waals surface area contributed by atoms with Crippen LogP contribution in [0.1, 0.15) is 38.5 Å². The fourth-order valence-corrected chi connectivity index (χ4v) is 5.74. The Bertz CT molecular complexity index is 546. The molecule has 3 nitrogen and oxygen atoms in total. The van der Waals surface area contributed by atoms with E-state index in [2.05, 4.69) is 40.0 Å². The van der Waals surface area contributed by atoms with Crippen LogP contribution in [-0.4, -0.2) is 11.5 Å². The number of benzene rings is 1. The SMILES string of the molecule is NC(=NC12CC3CC(CC(C3)C1)C2)Nc1cccc(I)c1. The summed E-state index contributed by atoms with van der Waals surface area (Å²) < 4.78 is 1.21. The number of nitrogens with one attached hydrogen (secondary N) is 1. The average Bonchev–Trinajstić information content (AvgIpc) is 2.35. The predicted octanol–water partition coefficient (Wildman–Crippen LogP) is 3.99. The summed E-state index contributed by atoms with van der Waals surface area (Å²) in [4.78, 5) is 4.97. The van der Waals surface area contributed by atoms with Crippen LogP contribution >= 0.6 is 22.6 Å². The van der Waals surface area contributed by atoms with Gasteiger partial charge in [-0.2, -0.15) is 0 Å². The Kier molecular flexibility index (Phi) is 3.39. The summed E-state index contributed by atoms with van der Waals surface area (Å²) in [6, 6.07) is 8.27. The van der Waals surface area contributed by atoms with Crippen LogP contribution in [0.15, 0.2) is 29.3 Å². The number of hydrogen-bond donors (Lipinski definition) is 2. The Balaban J connectivity index is 1.53. The Morgan fingerprint density at radius 2 is 1.76 bits per heavy atom. The predicted molar refractivity (Wildman–Crippen MR) is 95.3 cm³/mol. The number of guanidine groups is 1. The van der Waals surface area contributed by atoms with Crippen molar-refractivity contribution in [2.45, 2.75) is 44.1 Å². The van der Waals surface area contributed by atoms with Gasteiger partial charge in [-0.3, -0.25) is 0 Å². The third kappa shape index (κ3) is 2.79. The van der Waals surface area contributed by atoms with Crippen molar-refractivity contribution >= 4 is 34.2 Å². The van der Waals surface area contributed by atoms with Crippen molar-refractivity contribution in [3.05, 3.63) is 27.8 Å². The average molecular weight is 395 g/mol. The molecule has 0 aromatic heterocycles. The van der Waals surface area contributed by atoms with Gasteiger partial charge in [0.15, 0.2) is 5.96 Å². The Morgan fingerprint density at radius 1 is 1.14 bits per heavy atom. The maximum absolute atomic E-state index is 6.21. The second-order valence-electron chi connectivity index (χ2n) is 7.27. The molecule has 0 unspecified atom stereocenters. The molecule has 0 amide bonds. The molecule has 4 aliphatic carbocycles. The standard InChI is InChI=1S/C17H22IN3/c18-14-2-1-3-15(7-14)20-16(19)21-17-8-11-4-12(9-17)6-13(5-11)10-17/h1-3,7,11-13H,4-6,8-10H2,(H3,19,20,21). The molecule has 4 aliphatic rings. The molecule has 1 aromatic carbocycles. The van der Waals surface area contributed by atoms with Crippen molar-refractivity contribution in [3.8, 4) is 0 Å². The van der Waals surface area contributed by atoms with Gasteiger partial charge in [0, 0.05) is 9.26 Å². The van der Waals surface area contributed by atoms with Crippen LogP contribution in [0, 0.1) is 21.3 Å². The highest BCUT2D eigenvalue weighted by Gasteiger charge is 2.51. The molecule has 4 heteroatoms. The van der Waals surface area contributed by atoms with Crippen LogP contribution in [0.5, 0.6) is 0 Å². The molecule has 1 aromatic rings. The first-order valence-corrected chi connectivity index (χ1v) is 9.06. The zero-order valence-corrected chi connectivity index (χ0v) is 14.3. The van der Waals surface area contributed by atoms with Crippen LogP contribution in [0.2, 0.25) is 0 Å². The summed E-state index contributed by atoms with van der Waals surface area (Å²) in [5, 5.41) is 3.28. The van der Waals surface area contributed by atoms with Gasteiger partial charge in [-0.15, -0.1) is 0 Å². The van der Waals surface area contributed by atoms with E-state index in [-0.39, 0.29) is 5.54 Å². The van der Waals surface area contributed by atoms with E-state index in [4.69, 9.17) is 10.7 Å². The third-order valence-electron chi connectivity index (χ3n) is 5.46. The summed E-state index contributed by atoms with van der Waals surface area (Å²) in [6.07, 6.45) is 8.10. The van der Waals surface area contributed by atoms with Gasteiger partial charge in [0.2, 0.25) is 0 Å². The summed E-state index contributed by atoms with van der Waals surface area (Å²) in [6.45, 7) is 0. The van der Waals surface area contributed by atoms with E-state index in [0.717, 1.165) is 23.4 Å². The van der Waals surface area contributed by atoms with E-state index in [1.54, 1.807) is 0 Å². The van der Waals surface area contributed by atoms with Crippen molar-refractivity contribution in [1.82, 2.24) is 0 Å². The van der Waals surface area contributed by atoms with Gasteiger partial charge in [0.1, 0.15) is 0 Å². The van der Waals surface area contributed by atoms with E-state index in [0.29, 0.717) is 5.96 Å². The number of halogens is 1. The van der Waals surface area contributed by atoms with Gasteiger partial charge >= 0.3 is 0 Å². The molecule has 0 radical (unpaired) electrons. The summed E-state index contributed by atoms with van der Waals surface area (Å²) >= 11 is 2.32. The second-order valence-corrected chi connectivity index (χ2v) is 8.52. The van der Waals surface area contributed by atoms with Gasteiger partial charge in [0.05, 0.1) is 5.54 Å². The zero-order valence-electron chi connectivity index (χ0n) is 12.2. The van der Waals surface area contributed by atoms with Gasteiger partial charge in [0.25, 0.3) is 0 Å². The number of nitrogens with zero attached hydrogens (tertiary/aromatic N) is 1. The molecule has 0 spiro atoms. The minimum atomic E-state index is 0.147. The molecule has 4 saturated carbocycles. The van der Waals surface area contributed by atoms with Crippen LogP contribution in [0.3, 0.4) is 0 Å². The number of nitrogens with two attached hydrogens (primary N) is 1. The molecule has 4 bridgehead atoms. The topological polar surface area (TPSA) is 50.4 Å². The molecule has 0 atom stereocenters. The van der Waals surface area contributed by atoms with Gasteiger partial charge in [-0.1, -0.05) is 6.07 Å². The highest BCUT2D eigenvalue weighted by atomic mass is 127. The van der Waals surface area contributed by atoms with Gasteiger partial charge < -0.3 is 11.1 Å². The lowest BCUT2D eigenvalue weighted by molar-refractivity contribution is 0.00164. The molecular weight excluding hydrogens is 373 g/mol. The number of rotatable bonds is 2. The van der Waals surface area contributed by atoms with E-state index in [1.807, 2.05) is 12.1 Å². The first kappa shape index (κ1) is 13.9. The Morgan fingerprint density at radius 3 is 2.33 bits per heavy atom. The maximum Gasteiger partial charge on any atom is 0.193 e. The largest absolute Gasteiger partial charge is 0.370 e. The third-order valence-corrected chi connectivity index (χ3v) is 6.13. The zero-order chi connectivity index (χ0) is 14.4. The first-order valence-electron chi connectivity index (χ1n) is 7.98. The second kappa shape index (κ2) is 5.14. The minimum Gasteiger partial charge on any atom is -0.370 e. The molecule has 112 valence electrons. The van der Waals surface area contributed by atoms with Crippen molar-refractivity contribution in [3.63, 3.8) is 0 Å². The van der Waals surface area contributed by atoms with Crippen molar-refractivity contribution in [2.75, 3.05) is 5.32 Å². The summed E-state index contributed by atoms with van der Waals surface area (Å²) in [7, 11) is 0. The molecule has 4 fully saturated rings. The first-order chi connectivity index (χ1) is 10.1.